The van der Waals surface area contributed by atoms with Crippen molar-refractivity contribution in [1.82, 2.24) is 10.6 Å². The van der Waals surface area contributed by atoms with Gasteiger partial charge in [-0.15, -0.1) is 0 Å². The molecule has 0 heterocycles. The number of aliphatic hydroxyl groups excluding tert-OH is 4. The van der Waals surface area contributed by atoms with Crippen LogP contribution < -0.4 is 10.6 Å². The first-order chi connectivity index (χ1) is 16.9. The highest BCUT2D eigenvalue weighted by atomic mass is 16.3. The molecule has 0 radical (unpaired) electrons. The Labute approximate surface area is 214 Å². The summed E-state index contributed by atoms with van der Waals surface area (Å²) in [6.07, 6.45) is 2.35. The number of phenols is 2. The molecule has 8 N–H and O–H groups in total. The highest BCUT2D eigenvalue weighted by Gasteiger charge is 2.22. The Morgan fingerprint density at radius 1 is 0.667 bits per heavy atom. The fourth-order valence-electron chi connectivity index (χ4n) is 4.17. The molecule has 2 aromatic rings. The number of benzene rings is 2. The average Bonchev–Trinajstić information content (AvgIpc) is 2.84. The van der Waals surface area contributed by atoms with Gasteiger partial charge in [-0.25, -0.2) is 0 Å². The van der Waals surface area contributed by atoms with Gasteiger partial charge in [-0.1, -0.05) is 25.0 Å². The summed E-state index contributed by atoms with van der Waals surface area (Å²) in [5, 5.41) is 65.9. The lowest BCUT2D eigenvalue weighted by atomic mass is 9.91. The van der Waals surface area contributed by atoms with Crippen molar-refractivity contribution in [3.63, 3.8) is 0 Å². The molecular formula is C28H44N2O6. The van der Waals surface area contributed by atoms with Gasteiger partial charge in [-0.05, 0) is 75.9 Å². The maximum atomic E-state index is 10.5. The number of hydrogen-bond acceptors (Lipinski definition) is 8. The first-order valence-corrected chi connectivity index (χ1v) is 12.6. The standard InChI is InChI=1S/C28H44N2O6/c1-27(2,29-15-25(35)19-7-9-23(33)21(13-19)17-31)11-5-6-12-28(3,4)30-16-26(36)20-8-10-24(34)22(14-20)18-32/h7-10,13-14,25-26,29-36H,5-6,11-12,15-18H2,1-4H3. The van der Waals surface area contributed by atoms with E-state index in [9.17, 15) is 30.6 Å². The molecule has 0 aliphatic rings. The van der Waals surface area contributed by atoms with E-state index >= 15 is 0 Å². The second kappa shape index (κ2) is 13.4. The Balaban J connectivity index is 1.74. The quantitative estimate of drug-likeness (QED) is 0.173. The van der Waals surface area contributed by atoms with E-state index in [1.165, 1.54) is 12.1 Å². The molecule has 0 aromatic heterocycles. The van der Waals surface area contributed by atoms with Gasteiger partial charge in [0.2, 0.25) is 0 Å². The van der Waals surface area contributed by atoms with Crippen molar-refractivity contribution in [3.05, 3.63) is 58.7 Å². The zero-order valence-electron chi connectivity index (χ0n) is 22.0. The van der Waals surface area contributed by atoms with Crippen LogP contribution >= 0.6 is 0 Å². The molecule has 2 rings (SSSR count). The van der Waals surface area contributed by atoms with Gasteiger partial charge < -0.3 is 41.3 Å². The third kappa shape index (κ3) is 9.35. The van der Waals surface area contributed by atoms with Crippen LogP contribution in [-0.2, 0) is 13.2 Å². The molecule has 0 bridgehead atoms. The molecule has 8 heteroatoms. The third-order valence-electron chi connectivity index (χ3n) is 6.72. The van der Waals surface area contributed by atoms with Crippen molar-refractivity contribution in [2.24, 2.45) is 0 Å². The van der Waals surface area contributed by atoms with Gasteiger partial charge in [-0.2, -0.15) is 0 Å². The number of unbranched alkanes of at least 4 members (excludes halogenated alkanes) is 1. The van der Waals surface area contributed by atoms with Gasteiger partial charge in [-0.3, -0.25) is 0 Å². The fraction of sp³-hybridized carbons (Fsp3) is 0.571. The highest BCUT2D eigenvalue weighted by Crippen LogP contribution is 2.25. The maximum Gasteiger partial charge on any atom is 0.121 e. The summed E-state index contributed by atoms with van der Waals surface area (Å²) in [6.45, 7) is 8.59. The summed E-state index contributed by atoms with van der Waals surface area (Å²) >= 11 is 0. The van der Waals surface area contributed by atoms with Crippen LogP contribution in [0, 0.1) is 0 Å². The molecule has 0 aliphatic carbocycles. The molecule has 36 heavy (non-hydrogen) atoms. The lowest BCUT2D eigenvalue weighted by molar-refractivity contribution is 0.155. The molecule has 2 unspecified atom stereocenters. The molecule has 0 saturated carbocycles. The summed E-state index contributed by atoms with van der Waals surface area (Å²) in [5.41, 5.74) is 1.74. The van der Waals surface area contributed by atoms with E-state index in [0.29, 0.717) is 35.3 Å². The summed E-state index contributed by atoms with van der Waals surface area (Å²) in [4.78, 5) is 0. The molecule has 0 fully saturated rings. The van der Waals surface area contributed by atoms with E-state index in [4.69, 9.17) is 0 Å². The summed E-state index contributed by atoms with van der Waals surface area (Å²) in [7, 11) is 0. The van der Waals surface area contributed by atoms with Crippen LogP contribution in [-0.4, -0.2) is 54.8 Å². The average molecular weight is 505 g/mol. The molecule has 0 aliphatic heterocycles. The summed E-state index contributed by atoms with van der Waals surface area (Å²) < 4.78 is 0. The molecule has 2 aromatic carbocycles. The number of rotatable bonds is 15. The summed E-state index contributed by atoms with van der Waals surface area (Å²) in [6, 6.07) is 9.53. The van der Waals surface area contributed by atoms with Gasteiger partial charge in [0, 0.05) is 35.3 Å². The summed E-state index contributed by atoms with van der Waals surface area (Å²) in [5.74, 6) is 0.0368. The lowest BCUT2D eigenvalue weighted by Gasteiger charge is -2.30. The Kier molecular flexibility index (Phi) is 11.2. The SMILES string of the molecule is CC(C)(CCCCC(C)(C)NCC(O)c1ccc(O)c(CO)c1)NCC(O)c1ccc(O)c(CO)c1. The minimum atomic E-state index is -0.744. The minimum Gasteiger partial charge on any atom is -0.508 e. The highest BCUT2D eigenvalue weighted by molar-refractivity contribution is 5.37. The molecule has 2 atom stereocenters. The second-order valence-electron chi connectivity index (χ2n) is 10.9. The van der Waals surface area contributed by atoms with E-state index in [1.807, 2.05) is 0 Å². The molecule has 0 spiro atoms. The topological polar surface area (TPSA) is 145 Å². The molecule has 0 amide bonds. The number of β-amino-alcohol motifs (C(OH)–C–C–N with tert-alkyl or cyclic N) is 2. The van der Waals surface area contributed by atoms with Crippen LogP contribution in [0.5, 0.6) is 11.5 Å². The van der Waals surface area contributed by atoms with Crippen molar-refractivity contribution in [2.45, 2.75) is 89.9 Å². The van der Waals surface area contributed by atoms with Crippen molar-refractivity contribution < 1.29 is 30.6 Å². The van der Waals surface area contributed by atoms with Crippen LogP contribution in [0.25, 0.3) is 0 Å². The number of nitrogens with one attached hydrogen (secondary N) is 2. The zero-order chi connectivity index (χ0) is 26.9. The second-order valence-corrected chi connectivity index (χ2v) is 10.9. The Hall–Kier alpha value is -2.20. The van der Waals surface area contributed by atoms with E-state index in [1.54, 1.807) is 24.3 Å². The van der Waals surface area contributed by atoms with Crippen LogP contribution in [0.2, 0.25) is 0 Å². The molecular weight excluding hydrogens is 460 g/mol. The van der Waals surface area contributed by atoms with Crippen molar-refractivity contribution in [3.8, 4) is 11.5 Å². The van der Waals surface area contributed by atoms with Crippen LogP contribution in [0.4, 0.5) is 0 Å². The number of hydrogen-bond donors (Lipinski definition) is 8. The van der Waals surface area contributed by atoms with Crippen LogP contribution in [0.3, 0.4) is 0 Å². The largest absolute Gasteiger partial charge is 0.508 e. The van der Waals surface area contributed by atoms with Crippen molar-refractivity contribution in [2.75, 3.05) is 13.1 Å². The predicted octanol–water partition coefficient (Wildman–Crippen LogP) is 3.15. The molecule has 8 nitrogen and oxygen atoms in total. The van der Waals surface area contributed by atoms with Gasteiger partial charge in [0.15, 0.2) is 0 Å². The normalized spacial score (nSPS) is 14.1. The predicted molar refractivity (Wildman–Crippen MR) is 141 cm³/mol. The third-order valence-corrected chi connectivity index (χ3v) is 6.72. The first kappa shape index (κ1) is 30.0. The van der Waals surface area contributed by atoms with Gasteiger partial charge >= 0.3 is 0 Å². The van der Waals surface area contributed by atoms with Gasteiger partial charge in [0.25, 0.3) is 0 Å². The van der Waals surface area contributed by atoms with Gasteiger partial charge in [0.1, 0.15) is 11.5 Å². The minimum absolute atomic E-state index is 0.0184. The van der Waals surface area contributed by atoms with Crippen molar-refractivity contribution in [1.29, 1.82) is 0 Å². The molecule has 0 saturated heterocycles. The van der Waals surface area contributed by atoms with Crippen LogP contribution in [0.1, 0.15) is 87.8 Å². The van der Waals surface area contributed by atoms with E-state index < -0.39 is 12.2 Å². The van der Waals surface area contributed by atoms with E-state index in [0.717, 1.165) is 25.7 Å². The Bertz CT molecular complexity index is 886. The lowest BCUT2D eigenvalue weighted by Crippen LogP contribution is -2.42. The zero-order valence-corrected chi connectivity index (χ0v) is 22.0. The number of aromatic hydroxyl groups is 2. The fourth-order valence-corrected chi connectivity index (χ4v) is 4.17. The van der Waals surface area contributed by atoms with E-state index in [2.05, 4.69) is 38.3 Å². The number of aliphatic hydroxyl groups is 4. The maximum absolute atomic E-state index is 10.5. The smallest absolute Gasteiger partial charge is 0.121 e. The van der Waals surface area contributed by atoms with Crippen LogP contribution in [0.15, 0.2) is 36.4 Å². The van der Waals surface area contributed by atoms with Gasteiger partial charge in [0.05, 0.1) is 25.4 Å². The van der Waals surface area contributed by atoms with E-state index in [-0.39, 0.29) is 35.8 Å². The molecule has 202 valence electrons. The van der Waals surface area contributed by atoms with Crippen molar-refractivity contribution >= 4 is 0 Å². The Morgan fingerprint density at radius 3 is 1.36 bits per heavy atom. The first-order valence-electron chi connectivity index (χ1n) is 12.6. The Morgan fingerprint density at radius 2 is 1.03 bits per heavy atom. The monoisotopic (exact) mass is 504 g/mol.